The third-order valence-electron chi connectivity index (χ3n) is 5.72. The van der Waals surface area contributed by atoms with Crippen LogP contribution in [0.5, 0.6) is 0 Å². The Morgan fingerprint density at radius 1 is 1.21 bits per heavy atom. The van der Waals surface area contributed by atoms with Gasteiger partial charge in [-0.05, 0) is 37.5 Å². The van der Waals surface area contributed by atoms with Gasteiger partial charge in [0.25, 0.3) is 5.91 Å². The van der Waals surface area contributed by atoms with Crippen LogP contribution >= 0.6 is 11.8 Å². The van der Waals surface area contributed by atoms with Crippen LogP contribution in [0.4, 0.5) is 0 Å². The Hall–Kier alpha value is -2.41. The molecule has 2 aliphatic rings. The van der Waals surface area contributed by atoms with Gasteiger partial charge in [0.1, 0.15) is 12.1 Å². The lowest BCUT2D eigenvalue weighted by Crippen LogP contribution is -2.69. The van der Waals surface area contributed by atoms with Crippen molar-refractivity contribution in [3.05, 3.63) is 35.9 Å². The summed E-state index contributed by atoms with van der Waals surface area (Å²) in [4.78, 5) is 43.7. The number of pyridine rings is 1. The Morgan fingerprint density at radius 3 is 2.75 bits per heavy atom. The molecule has 4 rings (SSSR count). The van der Waals surface area contributed by atoms with Crippen LogP contribution in [0, 0.1) is 6.92 Å². The van der Waals surface area contributed by atoms with Crippen molar-refractivity contribution in [3.63, 3.8) is 0 Å². The maximum atomic E-state index is 13.0. The van der Waals surface area contributed by atoms with Gasteiger partial charge in [-0.25, -0.2) is 4.98 Å². The zero-order valence-corrected chi connectivity index (χ0v) is 16.7. The topological polar surface area (TPSA) is 79.4 Å². The summed E-state index contributed by atoms with van der Waals surface area (Å²) < 4.78 is 0. The van der Waals surface area contributed by atoms with Crippen LogP contribution in [-0.2, 0) is 14.4 Å². The van der Waals surface area contributed by atoms with Gasteiger partial charge in [0.05, 0.1) is 16.3 Å². The largest absolute Gasteiger partial charge is 0.318 e. The quantitative estimate of drug-likeness (QED) is 0.636. The first-order chi connectivity index (χ1) is 13.5. The molecule has 146 valence electrons. The zero-order valence-electron chi connectivity index (χ0n) is 15.9. The van der Waals surface area contributed by atoms with Crippen LogP contribution in [-0.4, -0.2) is 45.4 Å². The lowest BCUT2D eigenvalue weighted by Gasteiger charge is -2.47. The van der Waals surface area contributed by atoms with E-state index >= 15 is 0 Å². The first-order valence-corrected chi connectivity index (χ1v) is 10.6. The molecule has 1 saturated carbocycles. The lowest BCUT2D eigenvalue weighted by molar-refractivity contribution is -0.158. The van der Waals surface area contributed by atoms with Gasteiger partial charge in [-0.2, -0.15) is 0 Å². The van der Waals surface area contributed by atoms with E-state index < -0.39 is 11.4 Å². The highest BCUT2D eigenvalue weighted by molar-refractivity contribution is 7.99. The van der Waals surface area contributed by atoms with Crippen LogP contribution in [0.1, 0.15) is 37.7 Å². The number of nitrogens with zero attached hydrogens (tertiary/aromatic N) is 2. The van der Waals surface area contributed by atoms with Crippen molar-refractivity contribution in [2.45, 2.75) is 49.6 Å². The summed E-state index contributed by atoms with van der Waals surface area (Å²) in [7, 11) is 0. The maximum Gasteiger partial charge on any atom is 0.252 e. The molecule has 1 aromatic carbocycles. The van der Waals surface area contributed by atoms with Crippen molar-refractivity contribution in [1.82, 2.24) is 15.2 Å². The van der Waals surface area contributed by atoms with Crippen LogP contribution < -0.4 is 5.32 Å². The summed E-state index contributed by atoms with van der Waals surface area (Å²) in [6.07, 6.45) is 4.08. The van der Waals surface area contributed by atoms with E-state index in [9.17, 15) is 14.4 Å². The van der Waals surface area contributed by atoms with Crippen molar-refractivity contribution < 1.29 is 14.4 Å². The average Bonchev–Trinajstić information content (AvgIpc) is 2.70. The van der Waals surface area contributed by atoms with E-state index in [0.717, 1.165) is 40.8 Å². The lowest BCUT2D eigenvalue weighted by atomic mass is 9.78. The minimum absolute atomic E-state index is 0.0463. The summed E-state index contributed by atoms with van der Waals surface area (Å²) in [5.41, 5.74) is 1.14. The fourth-order valence-electron chi connectivity index (χ4n) is 4.27. The predicted octanol–water partition coefficient (Wildman–Crippen LogP) is 2.82. The third-order valence-corrected chi connectivity index (χ3v) is 6.62. The summed E-state index contributed by atoms with van der Waals surface area (Å²) in [6.45, 7) is 1.98. The van der Waals surface area contributed by atoms with E-state index in [1.54, 1.807) is 0 Å². The number of amides is 3. The van der Waals surface area contributed by atoms with Crippen molar-refractivity contribution in [2.75, 3.05) is 12.3 Å². The number of benzene rings is 1. The summed E-state index contributed by atoms with van der Waals surface area (Å²) in [5, 5.41) is 4.30. The van der Waals surface area contributed by atoms with Gasteiger partial charge in [-0.3, -0.25) is 19.7 Å². The molecule has 1 spiro atoms. The van der Waals surface area contributed by atoms with Gasteiger partial charge in [-0.1, -0.05) is 49.2 Å². The third kappa shape index (κ3) is 3.39. The molecule has 0 radical (unpaired) electrons. The van der Waals surface area contributed by atoms with Gasteiger partial charge in [0.15, 0.2) is 0 Å². The van der Waals surface area contributed by atoms with E-state index in [-0.39, 0.29) is 24.1 Å². The predicted molar refractivity (Wildman–Crippen MR) is 108 cm³/mol. The van der Waals surface area contributed by atoms with Gasteiger partial charge in [-0.15, -0.1) is 0 Å². The number of nitrogens with one attached hydrogen (secondary N) is 1. The molecule has 0 bridgehead atoms. The number of rotatable bonds is 3. The smallest absolute Gasteiger partial charge is 0.252 e. The van der Waals surface area contributed by atoms with Crippen molar-refractivity contribution >= 4 is 40.4 Å². The Balaban J connectivity index is 1.53. The summed E-state index contributed by atoms with van der Waals surface area (Å²) in [5.74, 6) is -0.740. The number of para-hydroxylation sites is 1. The first-order valence-electron chi connectivity index (χ1n) is 9.63. The van der Waals surface area contributed by atoms with Crippen molar-refractivity contribution in [2.24, 2.45) is 0 Å². The van der Waals surface area contributed by atoms with Crippen LogP contribution in [0.25, 0.3) is 10.9 Å². The van der Waals surface area contributed by atoms with Crippen molar-refractivity contribution in [1.29, 1.82) is 0 Å². The Kier molecular flexibility index (Phi) is 5.10. The molecule has 28 heavy (non-hydrogen) atoms. The van der Waals surface area contributed by atoms with E-state index in [0.29, 0.717) is 12.8 Å². The highest BCUT2D eigenvalue weighted by Gasteiger charge is 2.50. The molecule has 6 nitrogen and oxygen atoms in total. The average molecular weight is 398 g/mol. The molecule has 2 aromatic rings. The SMILES string of the molecule is Cc1cc(SCC(=O)N2CC(=O)NC(=O)C23CCCCC3)nc2ccccc12. The molecule has 3 amide bonds. The van der Waals surface area contributed by atoms with E-state index in [2.05, 4.69) is 10.3 Å². The summed E-state index contributed by atoms with van der Waals surface area (Å²) >= 11 is 1.36. The molecule has 2 fully saturated rings. The second-order valence-corrected chi connectivity index (χ2v) is 8.53. The number of piperazine rings is 1. The number of hydrogen-bond donors (Lipinski definition) is 1. The number of fused-ring (bicyclic) bond motifs is 1. The molecule has 1 aliphatic heterocycles. The second kappa shape index (κ2) is 7.54. The molecular weight excluding hydrogens is 374 g/mol. The minimum atomic E-state index is -0.865. The van der Waals surface area contributed by atoms with Crippen LogP contribution in [0.3, 0.4) is 0 Å². The molecule has 1 N–H and O–H groups in total. The molecule has 2 heterocycles. The molecule has 1 aliphatic carbocycles. The minimum Gasteiger partial charge on any atom is -0.318 e. The molecule has 1 aromatic heterocycles. The highest BCUT2D eigenvalue weighted by Crippen LogP contribution is 2.36. The Bertz CT molecular complexity index is 953. The standard InChI is InChI=1S/C21H23N3O3S/c1-14-11-18(22-16-8-4-3-7-15(14)16)28-13-19(26)24-12-17(25)23-20(27)21(24)9-5-2-6-10-21/h3-4,7-8,11H,2,5-6,9-10,12-13H2,1H3,(H,23,25,27). The number of carbonyl (C=O) groups excluding carboxylic acids is 3. The van der Waals surface area contributed by atoms with Crippen molar-refractivity contribution in [3.8, 4) is 0 Å². The number of carbonyl (C=O) groups is 3. The maximum absolute atomic E-state index is 13.0. The zero-order chi connectivity index (χ0) is 19.7. The van der Waals surface area contributed by atoms with Gasteiger partial charge >= 0.3 is 0 Å². The molecule has 7 heteroatoms. The van der Waals surface area contributed by atoms with E-state index in [1.807, 2.05) is 37.3 Å². The monoisotopic (exact) mass is 397 g/mol. The summed E-state index contributed by atoms with van der Waals surface area (Å²) in [6, 6.07) is 9.89. The van der Waals surface area contributed by atoms with Gasteiger partial charge < -0.3 is 4.90 Å². The normalized spacial score (nSPS) is 19.1. The van der Waals surface area contributed by atoms with E-state index in [4.69, 9.17) is 0 Å². The first kappa shape index (κ1) is 18.9. The number of hydrogen-bond acceptors (Lipinski definition) is 5. The van der Waals surface area contributed by atoms with Crippen LogP contribution in [0.2, 0.25) is 0 Å². The Labute approximate surface area is 168 Å². The molecular formula is C21H23N3O3S. The van der Waals surface area contributed by atoms with Gasteiger partial charge in [0.2, 0.25) is 11.8 Å². The number of aromatic nitrogens is 1. The van der Waals surface area contributed by atoms with Gasteiger partial charge in [0, 0.05) is 5.39 Å². The van der Waals surface area contributed by atoms with E-state index in [1.165, 1.54) is 16.7 Å². The number of imide groups is 1. The fourth-order valence-corrected chi connectivity index (χ4v) is 5.12. The number of aryl methyl sites for hydroxylation is 1. The molecule has 0 unspecified atom stereocenters. The second-order valence-electron chi connectivity index (χ2n) is 7.53. The fraction of sp³-hybridized carbons (Fsp3) is 0.429. The highest BCUT2D eigenvalue weighted by atomic mass is 32.2. The van der Waals surface area contributed by atoms with Crippen LogP contribution in [0.15, 0.2) is 35.4 Å². The molecule has 1 saturated heterocycles. The Morgan fingerprint density at radius 2 is 1.96 bits per heavy atom. The molecule has 0 atom stereocenters. The number of thioether (sulfide) groups is 1.